The second kappa shape index (κ2) is 8.95. The summed E-state index contributed by atoms with van der Waals surface area (Å²) in [5.41, 5.74) is 9.88. The molecule has 9 heteroatoms. The number of hydrogen-bond acceptors (Lipinski definition) is 7. The summed E-state index contributed by atoms with van der Waals surface area (Å²) in [4.78, 5) is 33.6. The van der Waals surface area contributed by atoms with Gasteiger partial charge in [0.05, 0.1) is 28.5 Å². The monoisotopic (exact) mass is 406 g/mol. The Balaban J connectivity index is 3.73. The lowest BCUT2D eigenvalue weighted by Gasteiger charge is -2.24. The van der Waals surface area contributed by atoms with Crippen molar-refractivity contribution in [1.29, 1.82) is 0 Å². The van der Waals surface area contributed by atoms with Crippen molar-refractivity contribution in [2.24, 2.45) is 21.5 Å². The van der Waals surface area contributed by atoms with Gasteiger partial charge in [-0.15, -0.1) is 0 Å². The molecular formula is C19H26N4O4S. The van der Waals surface area contributed by atoms with E-state index in [-0.39, 0.29) is 29.2 Å². The molecule has 0 spiro atoms. The SMILES string of the molecule is CC(C)(C)OC(=O)c1ccc(N=C=S)c(CN=C(N)N)c1C(=O)OC(C)(C)C. The third-order valence-corrected chi connectivity index (χ3v) is 3.19. The molecule has 0 unspecified atom stereocenters. The van der Waals surface area contributed by atoms with Crippen molar-refractivity contribution in [2.45, 2.75) is 59.3 Å². The minimum Gasteiger partial charge on any atom is -0.456 e. The van der Waals surface area contributed by atoms with Crippen LogP contribution in [0.2, 0.25) is 0 Å². The predicted molar refractivity (Wildman–Crippen MR) is 111 cm³/mol. The molecule has 0 bridgehead atoms. The molecule has 1 aromatic carbocycles. The van der Waals surface area contributed by atoms with E-state index in [1.54, 1.807) is 41.5 Å². The topological polar surface area (TPSA) is 129 Å². The smallest absolute Gasteiger partial charge is 0.339 e. The number of carbonyl (C=O) groups is 2. The standard InChI is InChI=1S/C19H26N4O4S/c1-18(2,3)26-15(24)11-7-8-13(23-10-28)12(9-22-17(20)21)14(11)16(25)27-19(4,5)6/h7-8H,9H2,1-6H3,(H4,20,21,22). The Labute approximate surface area is 170 Å². The number of aliphatic imine (C=N–C) groups is 2. The summed E-state index contributed by atoms with van der Waals surface area (Å²) < 4.78 is 10.9. The number of nitrogens with two attached hydrogens (primary N) is 2. The first-order valence-electron chi connectivity index (χ1n) is 8.51. The van der Waals surface area contributed by atoms with Crippen LogP contribution in [0.15, 0.2) is 22.1 Å². The van der Waals surface area contributed by atoms with E-state index >= 15 is 0 Å². The molecule has 0 saturated heterocycles. The van der Waals surface area contributed by atoms with Crippen molar-refractivity contribution in [3.8, 4) is 0 Å². The molecule has 0 aliphatic carbocycles. The van der Waals surface area contributed by atoms with Crippen molar-refractivity contribution in [3.05, 3.63) is 28.8 Å². The van der Waals surface area contributed by atoms with Gasteiger partial charge in [0.1, 0.15) is 11.2 Å². The van der Waals surface area contributed by atoms with Crippen molar-refractivity contribution >= 4 is 41.0 Å². The zero-order chi connectivity index (χ0) is 21.7. The van der Waals surface area contributed by atoms with E-state index in [4.69, 9.17) is 20.9 Å². The minimum absolute atomic E-state index is 0.0216. The van der Waals surface area contributed by atoms with E-state index in [9.17, 15) is 9.59 Å². The third-order valence-electron chi connectivity index (χ3n) is 3.10. The number of benzene rings is 1. The highest BCUT2D eigenvalue weighted by Gasteiger charge is 2.30. The quantitative estimate of drug-likeness (QED) is 0.332. The lowest BCUT2D eigenvalue weighted by atomic mass is 9.98. The van der Waals surface area contributed by atoms with Gasteiger partial charge in [0.15, 0.2) is 5.96 Å². The van der Waals surface area contributed by atoms with Gasteiger partial charge in [0.2, 0.25) is 0 Å². The van der Waals surface area contributed by atoms with Crippen LogP contribution in [0.1, 0.15) is 67.8 Å². The maximum absolute atomic E-state index is 12.9. The Hall–Kier alpha value is -2.77. The summed E-state index contributed by atoms with van der Waals surface area (Å²) in [5.74, 6) is -1.59. The first kappa shape index (κ1) is 23.3. The molecule has 8 nitrogen and oxygen atoms in total. The third kappa shape index (κ3) is 7.09. The van der Waals surface area contributed by atoms with Gasteiger partial charge in [-0.3, -0.25) is 0 Å². The molecule has 152 valence electrons. The summed E-state index contributed by atoms with van der Waals surface area (Å²) in [7, 11) is 0. The highest BCUT2D eigenvalue weighted by atomic mass is 32.1. The van der Waals surface area contributed by atoms with Crippen LogP contribution in [-0.4, -0.2) is 34.3 Å². The Bertz CT molecular complexity index is 841. The molecular weight excluding hydrogens is 380 g/mol. The number of thiocarbonyl (C=S) groups is 1. The molecule has 0 heterocycles. The van der Waals surface area contributed by atoms with Crippen LogP contribution in [0, 0.1) is 0 Å². The summed E-state index contributed by atoms with van der Waals surface area (Å²) in [6.45, 7) is 10.2. The number of esters is 2. The maximum atomic E-state index is 12.9. The van der Waals surface area contributed by atoms with Gasteiger partial charge < -0.3 is 20.9 Å². The van der Waals surface area contributed by atoms with Crippen molar-refractivity contribution in [1.82, 2.24) is 0 Å². The van der Waals surface area contributed by atoms with Crippen molar-refractivity contribution in [2.75, 3.05) is 0 Å². The number of carbonyl (C=O) groups excluding carboxylic acids is 2. The van der Waals surface area contributed by atoms with E-state index in [0.717, 1.165) is 0 Å². The van der Waals surface area contributed by atoms with Gasteiger partial charge >= 0.3 is 11.9 Å². The van der Waals surface area contributed by atoms with Crippen molar-refractivity contribution in [3.63, 3.8) is 0 Å². The van der Waals surface area contributed by atoms with Crippen LogP contribution < -0.4 is 11.5 Å². The fourth-order valence-corrected chi connectivity index (χ4v) is 2.28. The number of rotatable bonds is 5. The Kier molecular flexibility index (Phi) is 7.43. The zero-order valence-corrected chi connectivity index (χ0v) is 17.8. The summed E-state index contributed by atoms with van der Waals surface area (Å²) in [6, 6.07) is 2.95. The molecule has 0 saturated carbocycles. The molecule has 0 amide bonds. The number of nitrogens with zero attached hydrogens (tertiary/aromatic N) is 2. The van der Waals surface area contributed by atoms with Crippen LogP contribution in [0.4, 0.5) is 5.69 Å². The van der Waals surface area contributed by atoms with Gasteiger partial charge in [-0.25, -0.2) is 14.6 Å². The highest BCUT2D eigenvalue weighted by Crippen LogP contribution is 2.30. The molecule has 0 radical (unpaired) electrons. The van der Waals surface area contributed by atoms with Gasteiger partial charge in [0, 0.05) is 5.56 Å². The molecule has 0 fully saturated rings. The number of hydrogen-bond donors (Lipinski definition) is 2. The Morgan fingerprint density at radius 1 is 1.04 bits per heavy atom. The van der Waals surface area contributed by atoms with E-state index in [0.29, 0.717) is 5.69 Å². The van der Waals surface area contributed by atoms with E-state index in [1.807, 2.05) is 0 Å². The van der Waals surface area contributed by atoms with Crippen LogP contribution in [-0.2, 0) is 16.0 Å². The Morgan fingerprint density at radius 2 is 1.57 bits per heavy atom. The summed E-state index contributed by atoms with van der Waals surface area (Å²) >= 11 is 4.67. The van der Waals surface area contributed by atoms with E-state index < -0.39 is 23.1 Å². The predicted octanol–water partition coefficient (Wildman–Crippen LogP) is 3.10. The van der Waals surface area contributed by atoms with Gasteiger partial charge in [-0.1, -0.05) is 0 Å². The largest absolute Gasteiger partial charge is 0.456 e. The van der Waals surface area contributed by atoms with E-state index in [1.165, 1.54) is 12.1 Å². The normalized spacial score (nSPS) is 11.2. The Morgan fingerprint density at radius 3 is 2.04 bits per heavy atom. The van der Waals surface area contributed by atoms with E-state index in [2.05, 4.69) is 27.4 Å². The minimum atomic E-state index is -0.793. The van der Waals surface area contributed by atoms with Gasteiger partial charge in [-0.2, -0.15) is 4.99 Å². The molecule has 28 heavy (non-hydrogen) atoms. The maximum Gasteiger partial charge on any atom is 0.339 e. The average molecular weight is 407 g/mol. The fourth-order valence-electron chi connectivity index (χ4n) is 2.19. The lowest BCUT2D eigenvalue weighted by molar-refractivity contribution is 0.00177. The summed E-state index contributed by atoms with van der Waals surface area (Å²) in [6.07, 6.45) is 0. The second-order valence-corrected chi connectivity index (χ2v) is 8.12. The number of guanidine groups is 1. The number of isothiocyanates is 1. The lowest BCUT2D eigenvalue weighted by Crippen LogP contribution is -2.29. The van der Waals surface area contributed by atoms with Crippen LogP contribution in [0.5, 0.6) is 0 Å². The van der Waals surface area contributed by atoms with Crippen LogP contribution in [0.3, 0.4) is 0 Å². The molecule has 4 N–H and O–H groups in total. The average Bonchev–Trinajstić information content (AvgIpc) is 2.49. The zero-order valence-electron chi connectivity index (χ0n) is 17.0. The van der Waals surface area contributed by atoms with Crippen LogP contribution >= 0.6 is 12.2 Å². The molecule has 0 atom stereocenters. The molecule has 1 rings (SSSR count). The van der Waals surface area contributed by atoms with Crippen LogP contribution in [0.25, 0.3) is 0 Å². The first-order valence-corrected chi connectivity index (χ1v) is 8.92. The van der Waals surface area contributed by atoms with Gasteiger partial charge in [-0.05, 0) is 65.9 Å². The van der Waals surface area contributed by atoms with Crippen molar-refractivity contribution < 1.29 is 19.1 Å². The van der Waals surface area contributed by atoms with Gasteiger partial charge in [0.25, 0.3) is 0 Å². The highest BCUT2D eigenvalue weighted by molar-refractivity contribution is 7.78. The summed E-state index contributed by atoms with van der Waals surface area (Å²) in [5, 5.41) is 2.24. The second-order valence-electron chi connectivity index (χ2n) is 7.93. The molecule has 0 aliphatic rings. The molecule has 0 aliphatic heterocycles. The fraction of sp³-hybridized carbons (Fsp3) is 0.474. The first-order chi connectivity index (χ1) is 12.7. The number of ether oxygens (including phenoxy) is 2. The molecule has 0 aromatic heterocycles. The molecule has 1 aromatic rings.